The molecule has 0 radical (unpaired) electrons. The third-order valence-corrected chi connectivity index (χ3v) is 5.47. The highest BCUT2D eigenvalue weighted by Crippen LogP contribution is 2.26. The van der Waals surface area contributed by atoms with Gasteiger partial charge in [-0.15, -0.1) is 0 Å². The molecular weight excluding hydrogens is 324 g/mol. The molecule has 1 saturated carbocycles. The predicted octanol–water partition coefficient (Wildman–Crippen LogP) is 2.91. The average molecular weight is 359 g/mol. The highest BCUT2D eigenvalue weighted by molar-refractivity contribution is 5.80. The van der Waals surface area contributed by atoms with E-state index in [1.165, 1.54) is 49.8 Å². The molecule has 1 aromatic carbocycles. The van der Waals surface area contributed by atoms with Gasteiger partial charge in [0, 0.05) is 38.8 Å². The minimum Gasteiger partial charge on any atom is -0.380 e. The van der Waals surface area contributed by atoms with E-state index < -0.39 is 0 Å². The van der Waals surface area contributed by atoms with Crippen molar-refractivity contribution in [2.75, 3.05) is 26.7 Å². The van der Waals surface area contributed by atoms with E-state index in [4.69, 9.17) is 9.73 Å². The number of guanidine groups is 1. The van der Waals surface area contributed by atoms with Crippen LogP contribution in [0.2, 0.25) is 0 Å². The van der Waals surface area contributed by atoms with Crippen molar-refractivity contribution < 1.29 is 4.74 Å². The second-order valence-corrected chi connectivity index (χ2v) is 7.51. The fraction of sp³-hybridized carbons (Fsp3) is 0.667. The van der Waals surface area contributed by atoms with Crippen molar-refractivity contribution in [3.05, 3.63) is 35.4 Å². The van der Waals surface area contributed by atoms with Crippen LogP contribution in [-0.2, 0) is 17.9 Å². The van der Waals surface area contributed by atoms with E-state index in [-0.39, 0.29) is 0 Å². The van der Waals surface area contributed by atoms with Crippen molar-refractivity contribution in [2.24, 2.45) is 4.99 Å². The van der Waals surface area contributed by atoms with Crippen LogP contribution in [0, 0.1) is 0 Å². The third-order valence-electron chi connectivity index (χ3n) is 5.47. The lowest BCUT2D eigenvalue weighted by Gasteiger charge is -2.24. The van der Waals surface area contributed by atoms with Crippen molar-refractivity contribution in [3.63, 3.8) is 0 Å². The number of aliphatic imine (C=N–C) groups is 1. The predicted molar refractivity (Wildman–Crippen MR) is 107 cm³/mol. The van der Waals surface area contributed by atoms with Crippen molar-refractivity contribution >= 4 is 5.96 Å². The van der Waals surface area contributed by atoms with Gasteiger partial charge in [0.2, 0.25) is 0 Å². The van der Waals surface area contributed by atoms with Gasteiger partial charge in [-0.3, -0.25) is 4.90 Å². The van der Waals surface area contributed by atoms with Crippen molar-refractivity contribution in [2.45, 2.75) is 64.3 Å². The maximum absolute atomic E-state index is 5.22. The lowest BCUT2D eigenvalue weighted by atomic mass is 10.1. The van der Waals surface area contributed by atoms with Gasteiger partial charge in [-0.05, 0) is 37.3 Å². The van der Waals surface area contributed by atoms with Gasteiger partial charge in [0.25, 0.3) is 0 Å². The van der Waals surface area contributed by atoms with Crippen LogP contribution in [0.1, 0.15) is 50.2 Å². The Morgan fingerprint density at radius 2 is 2.04 bits per heavy atom. The molecule has 0 bridgehead atoms. The number of benzene rings is 1. The Kier molecular flexibility index (Phi) is 7.32. The second-order valence-electron chi connectivity index (χ2n) is 7.51. The highest BCUT2D eigenvalue weighted by Gasteiger charge is 2.30. The van der Waals surface area contributed by atoms with Gasteiger partial charge < -0.3 is 15.4 Å². The van der Waals surface area contributed by atoms with Crippen LogP contribution < -0.4 is 10.6 Å². The van der Waals surface area contributed by atoms with E-state index in [1.54, 1.807) is 7.11 Å². The quantitative estimate of drug-likeness (QED) is 0.581. The number of methoxy groups -OCH3 is 1. The highest BCUT2D eigenvalue weighted by atomic mass is 16.5. The molecule has 0 aromatic heterocycles. The average Bonchev–Trinajstić information content (AvgIpc) is 3.32. The summed E-state index contributed by atoms with van der Waals surface area (Å²) in [4.78, 5) is 7.49. The molecule has 1 heterocycles. The zero-order chi connectivity index (χ0) is 18.2. The van der Waals surface area contributed by atoms with Gasteiger partial charge in [0.05, 0.1) is 13.2 Å². The van der Waals surface area contributed by atoms with E-state index in [1.807, 2.05) is 0 Å². The lowest BCUT2D eigenvalue weighted by Crippen LogP contribution is -2.45. The van der Waals surface area contributed by atoms with Crippen molar-refractivity contribution in [3.8, 4) is 0 Å². The van der Waals surface area contributed by atoms with Crippen LogP contribution in [-0.4, -0.2) is 49.7 Å². The molecule has 2 aliphatic rings. The molecule has 5 nitrogen and oxygen atoms in total. The molecule has 26 heavy (non-hydrogen) atoms. The minimum atomic E-state index is 0.508. The summed E-state index contributed by atoms with van der Waals surface area (Å²) >= 11 is 0. The number of nitrogens with one attached hydrogen (secondary N) is 2. The summed E-state index contributed by atoms with van der Waals surface area (Å²) in [5.74, 6) is 0.933. The molecule has 5 heteroatoms. The SMILES string of the molecule is CCNC(=NCc1cccc(COC)c1)NC1CCN(C2CCCC2)C1. The molecule has 1 atom stereocenters. The summed E-state index contributed by atoms with van der Waals surface area (Å²) in [6.45, 7) is 6.71. The number of likely N-dealkylation sites (tertiary alicyclic amines) is 1. The third kappa shape index (κ3) is 5.45. The molecule has 2 fully saturated rings. The maximum Gasteiger partial charge on any atom is 0.191 e. The Morgan fingerprint density at radius 1 is 1.23 bits per heavy atom. The first-order chi connectivity index (χ1) is 12.8. The summed E-state index contributed by atoms with van der Waals surface area (Å²) < 4.78 is 5.22. The van der Waals surface area contributed by atoms with Crippen LogP contribution in [0.4, 0.5) is 0 Å². The number of hydrogen-bond donors (Lipinski definition) is 2. The summed E-state index contributed by atoms with van der Waals surface area (Å²) in [7, 11) is 1.73. The van der Waals surface area contributed by atoms with Crippen molar-refractivity contribution in [1.29, 1.82) is 0 Å². The topological polar surface area (TPSA) is 48.9 Å². The summed E-state index contributed by atoms with van der Waals surface area (Å²) in [6.07, 6.45) is 6.80. The number of rotatable bonds is 7. The zero-order valence-electron chi connectivity index (χ0n) is 16.3. The summed E-state index contributed by atoms with van der Waals surface area (Å²) in [5, 5.41) is 7.05. The van der Waals surface area contributed by atoms with Crippen LogP contribution in [0.3, 0.4) is 0 Å². The van der Waals surface area contributed by atoms with E-state index in [9.17, 15) is 0 Å². The molecule has 1 unspecified atom stereocenters. The Labute approximate surface area is 158 Å². The molecule has 1 aromatic rings. The zero-order valence-corrected chi connectivity index (χ0v) is 16.3. The molecule has 3 rings (SSSR count). The van der Waals surface area contributed by atoms with E-state index in [0.717, 1.165) is 25.1 Å². The van der Waals surface area contributed by atoms with Crippen LogP contribution in [0.15, 0.2) is 29.3 Å². The van der Waals surface area contributed by atoms with Gasteiger partial charge in [-0.2, -0.15) is 0 Å². The molecule has 0 amide bonds. The molecule has 2 N–H and O–H groups in total. The molecular formula is C21H34N4O. The normalized spacial score (nSPS) is 22.1. The molecule has 0 spiro atoms. The fourth-order valence-electron chi connectivity index (χ4n) is 4.17. The first-order valence-electron chi connectivity index (χ1n) is 10.1. The molecule has 144 valence electrons. The van der Waals surface area contributed by atoms with Gasteiger partial charge in [-0.1, -0.05) is 37.1 Å². The Balaban J connectivity index is 1.54. The standard InChI is InChI=1S/C21H34N4O/c1-3-22-21(23-14-17-7-6-8-18(13-17)16-26-2)24-19-11-12-25(15-19)20-9-4-5-10-20/h6-8,13,19-20H,3-5,9-12,14-16H2,1-2H3,(H2,22,23,24). The Bertz CT molecular complexity index is 583. The van der Waals surface area contributed by atoms with Crippen LogP contribution in [0.25, 0.3) is 0 Å². The van der Waals surface area contributed by atoms with E-state index in [2.05, 4.69) is 46.7 Å². The number of nitrogens with zero attached hydrogens (tertiary/aromatic N) is 2. The van der Waals surface area contributed by atoms with Gasteiger partial charge >= 0.3 is 0 Å². The lowest BCUT2D eigenvalue weighted by molar-refractivity contribution is 0.185. The van der Waals surface area contributed by atoms with E-state index in [0.29, 0.717) is 19.2 Å². The Hall–Kier alpha value is -1.59. The smallest absolute Gasteiger partial charge is 0.191 e. The molecule has 1 saturated heterocycles. The van der Waals surface area contributed by atoms with Gasteiger partial charge in [0.15, 0.2) is 5.96 Å². The number of ether oxygens (including phenoxy) is 1. The minimum absolute atomic E-state index is 0.508. The first kappa shape index (κ1) is 19.2. The fourth-order valence-corrected chi connectivity index (χ4v) is 4.17. The number of hydrogen-bond acceptors (Lipinski definition) is 3. The van der Waals surface area contributed by atoms with E-state index >= 15 is 0 Å². The largest absolute Gasteiger partial charge is 0.380 e. The van der Waals surface area contributed by atoms with Crippen LogP contribution >= 0.6 is 0 Å². The summed E-state index contributed by atoms with van der Waals surface area (Å²) in [5.41, 5.74) is 2.41. The first-order valence-corrected chi connectivity index (χ1v) is 10.1. The molecule has 1 aliphatic carbocycles. The molecule has 1 aliphatic heterocycles. The monoisotopic (exact) mass is 358 g/mol. The Morgan fingerprint density at radius 3 is 2.81 bits per heavy atom. The van der Waals surface area contributed by atoms with Crippen molar-refractivity contribution in [1.82, 2.24) is 15.5 Å². The second kappa shape index (κ2) is 9.93. The summed E-state index contributed by atoms with van der Waals surface area (Å²) in [6, 6.07) is 9.81. The van der Waals surface area contributed by atoms with Gasteiger partial charge in [0.1, 0.15) is 0 Å². The van der Waals surface area contributed by atoms with Crippen LogP contribution in [0.5, 0.6) is 0 Å². The van der Waals surface area contributed by atoms with Gasteiger partial charge in [-0.25, -0.2) is 4.99 Å². The maximum atomic E-state index is 5.22.